The normalized spacial score (nSPS) is 18.3. The Labute approximate surface area is 114 Å². The van der Waals surface area contributed by atoms with Gasteiger partial charge in [-0.3, -0.25) is 0 Å². The summed E-state index contributed by atoms with van der Waals surface area (Å²) in [6, 6.07) is 6.46. The number of ether oxygens (including phenoxy) is 2. The fourth-order valence-electron chi connectivity index (χ4n) is 2.79. The highest BCUT2D eigenvalue weighted by Crippen LogP contribution is 2.44. The molecule has 0 saturated carbocycles. The highest BCUT2D eigenvalue weighted by molar-refractivity contribution is 5.47. The van der Waals surface area contributed by atoms with Crippen LogP contribution in [0.1, 0.15) is 22.7 Å². The van der Waals surface area contributed by atoms with E-state index in [1.165, 1.54) is 0 Å². The maximum absolute atomic E-state index is 9.50. The van der Waals surface area contributed by atoms with Crippen molar-refractivity contribution in [2.45, 2.75) is 19.9 Å². The number of hydrogen-bond acceptors (Lipinski definition) is 4. The number of aryl methyl sites for hydroxylation is 2. The van der Waals surface area contributed by atoms with Crippen LogP contribution in [0.15, 0.2) is 12.1 Å². The molecule has 19 heavy (non-hydrogen) atoms. The van der Waals surface area contributed by atoms with E-state index in [1.54, 1.807) is 7.11 Å². The Hall–Kier alpha value is -1.57. The van der Waals surface area contributed by atoms with Gasteiger partial charge in [0.2, 0.25) is 0 Å². The molecule has 1 N–H and O–H groups in total. The van der Waals surface area contributed by atoms with Crippen LogP contribution in [0.5, 0.6) is 5.75 Å². The number of hydrogen-bond donors (Lipinski definition) is 1. The first-order valence-corrected chi connectivity index (χ1v) is 6.39. The molecular formula is C15H20N2O2. The van der Waals surface area contributed by atoms with Gasteiger partial charge in [-0.1, -0.05) is 6.07 Å². The van der Waals surface area contributed by atoms with Gasteiger partial charge in [0, 0.05) is 5.56 Å². The smallest absolute Gasteiger partial charge is 0.124 e. The molecule has 0 spiro atoms. The summed E-state index contributed by atoms with van der Waals surface area (Å²) in [5, 5.41) is 12.8. The van der Waals surface area contributed by atoms with E-state index in [0.717, 1.165) is 22.4 Å². The summed E-state index contributed by atoms with van der Waals surface area (Å²) in [6.07, 6.45) is 0. The maximum atomic E-state index is 9.50. The molecule has 2 rings (SSSR count). The van der Waals surface area contributed by atoms with Crippen molar-refractivity contribution >= 4 is 0 Å². The molecule has 1 unspecified atom stereocenters. The molecule has 1 fully saturated rings. The van der Waals surface area contributed by atoms with Crippen LogP contribution in [0, 0.1) is 30.6 Å². The minimum atomic E-state index is -0.498. The van der Waals surface area contributed by atoms with E-state index in [1.807, 2.05) is 20.0 Å². The minimum Gasteiger partial charge on any atom is -0.496 e. The first-order valence-electron chi connectivity index (χ1n) is 6.39. The minimum absolute atomic E-state index is 0.0817. The van der Waals surface area contributed by atoms with Crippen LogP contribution in [0.25, 0.3) is 0 Å². The fourth-order valence-corrected chi connectivity index (χ4v) is 2.79. The molecule has 1 aliphatic heterocycles. The Kier molecular flexibility index (Phi) is 3.79. The third-order valence-electron chi connectivity index (χ3n) is 3.79. The molecule has 1 atom stereocenters. The van der Waals surface area contributed by atoms with Crippen LogP contribution in [0.2, 0.25) is 0 Å². The van der Waals surface area contributed by atoms with Crippen LogP contribution in [0.4, 0.5) is 0 Å². The second-order valence-corrected chi connectivity index (χ2v) is 5.18. The zero-order valence-electron chi connectivity index (χ0n) is 11.9. The number of methoxy groups -OCH3 is 1. The van der Waals surface area contributed by atoms with Crippen LogP contribution in [0.3, 0.4) is 0 Å². The van der Waals surface area contributed by atoms with Crippen molar-refractivity contribution in [2.75, 3.05) is 27.4 Å². The molecule has 1 heterocycles. The van der Waals surface area contributed by atoms with Gasteiger partial charge in [0.05, 0.1) is 32.4 Å². The predicted molar refractivity (Wildman–Crippen MR) is 73.1 cm³/mol. The van der Waals surface area contributed by atoms with E-state index in [9.17, 15) is 5.26 Å². The zero-order chi connectivity index (χ0) is 14.0. The van der Waals surface area contributed by atoms with Crippen molar-refractivity contribution in [1.29, 1.82) is 5.26 Å². The Morgan fingerprint density at radius 3 is 2.53 bits per heavy atom. The number of rotatable bonds is 4. The molecular weight excluding hydrogens is 240 g/mol. The van der Waals surface area contributed by atoms with Gasteiger partial charge in [0.15, 0.2) is 0 Å². The van der Waals surface area contributed by atoms with Crippen LogP contribution in [-0.4, -0.2) is 27.4 Å². The summed E-state index contributed by atoms with van der Waals surface area (Å²) < 4.78 is 10.8. The topological polar surface area (TPSA) is 54.3 Å². The van der Waals surface area contributed by atoms with E-state index in [4.69, 9.17) is 9.47 Å². The summed E-state index contributed by atoms with van der Waals surface area (Å²) >= 11 is 0. The Morgan fingerprint density at radius 1 is 1.42 bits per heavy atom. The van der Waals surface area contributed by atoms with Gasteiger partial charge < -0.3 is 14.8 Å². The van der Waals surface area contributed by atoms with E-state index in [0.29, 0.717) is 13.2 Å². The lowest BCUT2D eigenvalue weighted by atomic mass is 9.75. The van der Waals surface area contributed by atoms with Gasteiger partial charge in [0.25, 0.3) is 0 Å². The largest absolute Gasteiger partial charge is 0.496 e. The van der Waals surface area contributed by atoms with Crippen molar-refractivity contribution in [1.82, 2.24) is 5.32 Å². The number of benzene rings is 1. The fraction of sp³-hybridized carbons (Fsp3) is 0.533. The molecule has 1 saturated heterocycles. The molecule has 102 valence electrons. The van der Waals surface area contributed by atoms with Gasteiger partial charge in [-0.15, -0.1) is 0 Å². The second-order valence-electron chi connectivity index (χ2n) is 5.18. The van der Waals surface area contributed by atoms with Crippen LogP contribution < -0.4 is 10.1 Å². The summed E-state index contributed by atoms with van der Waals surface area (Å²) in [5.74, 6) is 0.832. The molecule has 0 amide bonds. The molecule has 0 aromatic heterocycles. The lowest BCUT2D eigenvalue weighted by molar-refractivity contribution is -0.0967. The van der Waals surface area contributed by atoms with Crippen molar-refractivity contribution < 1.29 is 9.47 Å². The first-order chi connectivity index (χ1) is 9.07. The second kappa shape index (κ2) is 5.20. The molecule has 1 aliphatic rings. The summed E-state index contributed by atoms with van der Waals surface area (Å²) in [4.78, 5) is 0. The first kappa shape index (κ1) is 13.9. The average molecular weight is 260 g/mol. The lowest BCUT2D eigenvalue weighted by Gasteiger charge is -2.42. The molecule has 0 radical (unpaired) electrons. The number of nitrogens with one attached hydrogen (secondary N) is 1. The van der Waals surface area contributed by atoms with Crippen molar-refractivity contribution in [3.63, 3.8) is 0 Å². The molecule has 1 aromatic carbocycles. The third kappa shape index (κ3) is 2.20. The summed E-state index contributed by atoms with van der Waals surface area (Å²) in [7, 11) is 3.54. The monoisotopic (exact) mass is 260 g/mol. The third-order valence-corrected chi connectivity index (χ3v) is 3.79. The quantitative estimate of drug-likeness (QED) is 0.901. The Balaban J connectivity index is 2.53. The van der Waals surface area contributed by atoms with Crippen LogP contribution in [-0.2, 0) is 4.74 Å². The number of nitriles is 1. The highest BCUT2D eigenvalue weighted by Gasteiger charge is 2.47. The van der Waals surface area contributed by atoms with Crippen molar-refractivity contribution in [3.8, 4) is 11.8 Å². The van der Waals surface area contributed by atoms with Crippen LogP contribution >= 0.6 is 0 Å². The maximum Gasteiger partial charge on any atom is 0.124 e. The lowest BCUT2D eigenvalue weighted by Crippen LogP contribution is -2.50. The molecule has 4 nitrogen and oxygen atoms in total. The predicted octanol–water partition coefficient (Wildman–Crippen LogP) is 2.11. The SMILES string of the molecule is CNC(c1c(C)cc(C)cc1OC)C1(C#N)COC1. The van der Waals surface area contributed by atoms with Gasteiger partial charge in [-0.25, -0.2) is 0 Å². The van der Waals surface area contributed by atoms with E-state index < -0.39 is 5.41 Å². The molecule has 0 aliphatic carbocycles. The molecule has 0 bridgehead atoms. The van der Waals surface area contributed by atoms with Crippen molar-refractivity contribution in [2.24, 2.45) is 5.41 Å². The summed E-state index contributed by atoms with van der Waals surface area (Å²) in [5.41, 5.74) is 2.85. The van der Waals surface area contributed by atoms with Crippen molar-refractivity contribution in [3.05, 3.63) is 28.8 Å². The van der Waals surface area contributed by atoms with Gasteiger partial charge in [-0.05, 0) is 38.1 Å². The number of nitrogens with zero attached hydrogens (tertiary/aromatic N) is 1. The van der Waals surface area contributed by atoms with Gasteiger partial charge in [0.1, 0.15) is 11.2 Å². The average Bonchev–Trinajstić information content (AvgIpc) is 2.34. The van der Waals surface area contributed by atoms with Gasteiger partial charge in [-0.2, -0.15) is 5.26 Å². The Bertz CT molecular complexity index is 516. The summed E-state index contributed by atoms with van der Waals surface area (Å²) in [6.45, 7) is 5.02. The zero-order valence-corrected chi connectivity index (χ0v) is 11.9. The molecule has 4 heteroatoms. The van der Waals surface area contributed by atoms with E-state index >= 15 is 0 Å². The van der Waals surface area contributed by atoms with Gasteiger partial charge >= 0.3 is 0 Å². The standard InChI is InChI=1S/C15H20N2O2/c1-10-5-11(2)13(12(6-10)18-4)14(17-3)15(7-16)8-19-9-15/h5-6,14,17H,8-9H2,1-4H3. The van der Waals surface area contributed by atoms with E-state index in [2.05, 4.69) is 24.4 Å². The van der Waals surface area contributed by atoms with E-state index in [-0.39, 0.29) is 6.04 Å². The Morgan fingerprint density at radius 2 is 2.11 bits per heavy atom. The molecule has 1 aromatic rings. The highest BCUT2D eigenvalue weighted by atomic mass is 16.5.